The standard InChI is InChI=1S/C12H16N4S/c1-7-2-3-8(6-7)10-14-11(16-13)9-4-5-17-12(9)15-10/h4-5,7-8H,2-3,6,13H2,1H3,(H,14,15,16). The number of nitrogen functional groups attached to an aromatic ring is 1. The first-order valence-electron chi connectivity index (χ1n) is 5.99. The Morgan fingerprint density at radius 2 is 2.29 bits per heavy atom. The van der Waals surface area contributed by atoms with Gasteiger partial charge in [-0.3, -0.25) is 0 Å². The van der Waals surface area contributed by atoms with Gasteiger partial charge in [-0.2, -0.15) is 0 Å². The summed E-state index contributed by atoms with van der Waals surface area (Å²) in [4.78, 5) is 10.3. The molecule has 0 saturated heterocycles. The van der Waals surface area contributed by atoms with Gasteiger partial charge in [-0.15, -0.1) is 11.3 Å². The number of nitrogens with zero attached hydrogens (tertiary/aromatic N) is 2. The van der Waals surface area contributed by atoms with Crippen LogP contribution in [-0.2, 0) is 0 Å². The van der Waals surface area contributed by atoms with Gasteiger partial charge in [-0.05, 0) is 36.6 Å². The van der Waals surface area contributed by atoms with Crippen molar-refractivity contribution in [1.82, 2.24) is 9.97 Å². The number of nitrogens with two attached hydrogens (primary N) is 1. The van der Waals surface area contributed by atoms with Crippen molar-refractivity contribution >= 4 is 27.4 Å². The SMILES string of the molecule is CC1CCC(c2nc(NN)c3ccsc3n2)C1. The van der Waals surface area contributed by atoms with Gasteiger partial charge in [0.25, 0.3) is 0 Å². The van der Waals surface area contributed by atoms with Crippen LogP contribution in [0.5, 0.6) is 0 Å². The molecule has 0 amide bonds. The lowest BCUT2D eigenvalue weighted by Gasteiger charge is -2.10. The molecule has 0 radical (unpaired) electrons. The van der Waals surface area contributed by atoms with Gasteiger partial charge in [-0.25, -0.2) is 15.8 Å². The van der Waals surface area contributed by atoms with Crippen molar-refractivity contribution in [2.45, 2.75) is 32.1 Å². The smallest absolute Gasteiger partial charge is 0.152 e. The predicted octanol–water partition coefficient (Wildman–Crippen LogP) is 2.88. The molecular formula is C12H16N4S. The second-order valence-corrected chi connectivity index (χ2v) is 5.72. The van der Waals surface area contributed by atoms with E-state index in [0.717, 1.165) is 27.8 Å². The van der Waals surface area contributed by atoms with E-state index < -0.39 is 0 Å². The molecule has 1 aliphatic carbocycles. The summed E-state index contributed by atoms with van der Waals surface area (Å²) in [5.74, 6) is 8.54. The van der Waals surface area contributed by atoms with E-state index in [1.807, 2.05) is 11.4 Å². The maximum absolute atomic E-state index is 5.53. The fourth-order valence-corrected chi connectivity index (χ4v) is 3.38. The van der Waals surface area contributed by atoms with Crippen molar-refractivity contribution < 1.29 is 0 Å². The summed E-state index contributed by atoms with van der Waals surface area (Å²) in [5, 5.41) is 3.05. The van der Waals surface area contributed by atoms with Gasteiger partial charge < -0.3 is 5.43 Å². The number of hydrogen-bond donors (Lipinski definition) is 2. The molecule has 0 aliphatic heterocycles. The Hall–Kier alpha value is -1.20. The van der Waals surface area contributed by atoms with E-state index in [1.54, 1.807) is 11.3 Å². The summed E-state index contributed by atoms with van der Waals surface area (Å²) in [6.07, 6.45) is 3.67. The van der Waals surface area contributed by atoms with Crippen LogP contribution in [0.1, 0.15) is 37.9 Å². The number of rotatable bonds is 2. The zero-order valence-electron chi connectivity index (χ0n) is 9.81. The third-order valence-electron chi connectivity index (χ3n) is 3.54. The van der Waals surface area contributed by atoms with Crippen molar-refractivity contribution in [1.29, 1.82) is 0 Å². The Labute approximate surface area is 104 Å². The molecule has 2 aromatic rings. The summed E-state index contributed by atoms with van der Waals surface area (Å²) < 4.78 is 0. The maximum atomic E-state index is 5.53. The number of anilines is 1. The third kappa shape index (κ3) is 1.89. The van der Waals surface area contributed by atoms with Crippen LogP contribution in [0.4, 0.5) is 5.82 Å². The Kier molecular flexibility index (Phi) is 2.72. The topological polar surface area (TPSA) is 63.8 Å². The summed E-state index contributed by atoms with van der Waals surface area (Å²) >= 11 is 1.64. The third-order valence-corrected chi connectivity index (χ3v) is 4.35. The first-order valence-corrected chi connectivity index (χ1v) is 6.87. The minimum absolute atomic E-state index is 0.503. The van der Waals surface area contributed by atoms with Gasteiger partial charge in [0.05, 0.1) is 5.39 Å². The lowest BCUT2D eigenvalue weighted by atomic mass is 10.1. The molecule has 1 aliphatic rings. The number of aromatic nitrogens is 2. The highest BCUT2D eigenvalue weighted by atomic mass is 32.1. The summed E-state index contributed by atoms with van der Waals surface area (Å²) in [6, 6.07) is 2.01. The number of thiophene rings is 1. The molecule has 5 heteroatoms. The second-order valence-electron chi connectivity index (χ2n) is 4.83. The molecule has 4 nitrogen and oxygen atoms in total. The predicted molar refractivity (Wildman–Crippen MR) is 71.0 cm³/mol. The first kappa shape index (κ1) is 10.9. The van der Waals surface area contributed by atoms with Crippen LogP contribution in [0.25, 0.3) is 10.2 Å². The Morgan fingerprint density at radius 1 is 1.41 bits per heavy atom. The average Bonchev–Trinajstić information content (AvgIpc) is 2.95. The molecule has 0 spiro atoms. The Balaban J connectivity index is 2.04. The van der Waals surface area contributed by atoms with E-state index in [1.165, 1.54) is 19.3 Å². The molecule has 90 valence electrons. The molecule has 2 aromatic heterocycles. The van der Waals surface area contributed by atoms with Crippen molar-refractivity contribution in [2.75, 3.05) is 5.43 Å². The lowest BCUT2D eigenvalue weighted by Crippen LogP contribution is -2.11. The van der Waals surface area contributed by atoms with Crippen LogP contribution in [0.2, 0.25) is 0 Å². The van der Waals surface area contributed by atoms with E-state index in [4.69, 9.17) is 5.84 Å². The van der Waals surface area contributed by atoms with E-state index in [9.17, 15) is 0 Å². The highest BCUT2D eigenvalue weighted by molar-refractivity contribution is 7.16. The van der Waals surface area contributed by atoms with Crippen molar-refractivity contribution in [3.63, 3.8) is 0 Å². The number of fused-ring (bicyclic) bond motifs is 1. The average molecular weight is 248 g/mol. The second kappa shape index (κ2) is 4.23. The van der Waals surface area contributed by atoms with Crippen molar-refractivity contribution in [3.05, 3.63) is 17.3 Å². The van der Waals surface area contributed by atoms with Gasteiger partial charge >= 0.3 is 0 Å². The van der Waals surface area contributed by atoms with Gasteiger partial charge in [0.1, 0.15) is 10.7 Å². The zero-order valence-corrected chi connectivity index (χ0v) is 10.6. The molecule has 1 fully saturated rings. The fraction of sp³-hybridized carbons (Fsp3) is 0.500. The van der Waals surface area contributed by atoms with Gasteiger partial charge in [0, 0.05) is 5.92 Å². The summed E-state index contributed by atoms with van der Waals surface area (Å²) in [6.45, 7) is 2.30. The minimum atomic E-state index is 0.503. The van der Waals surface area contributed by atoms with Crippen LogP contribution in [0, 0.1) is 5.92 Å². The van der Waals surface area contributed by atoms with Crippen LogP contribution in [0.3, 0.4) is 0 Å². The van der Waals surface area contributed by atoms with Crippen LogP contribution in [-0.4, -0.2) is 9.97 Å². The highest BCUT2D eigenvalue weighted by Gasteiger charge is 2.26. The molecule has 1 saturated carbocycles. The number of nitrogens with one attached hydrogen (secondary N) is 1. The van der Waals surface area contributed by atoms with E-state index in [0.29, 0.717) is 5.92 Å². The van der Waals surface area contributed by atoms with Gasteiger partial charge in [0.2, 0.25) is 0 Å². The molecule has 2 heterocycles. The van der Waals surface area contributed by atoms with E-state index in [-0.39, 0.29) is 0 Å². The molecule has 3 N–H and O–H groups in total. The van der Waals surface area contributed by atoms with E-state index in [2.05, 4.69) is 22.3 Å². The highest BCUT2D eigenvalue weighted by Crippen LogP contribution is 2.38. The molecule has 2 atom stereocenters. The molecule has 3 rings (SSSR count). The molecule has 0 aromatic carbocycles. The van der Waals surface area contributed by atoms with Crippen LogP contribution < -0.4 is 11.3 Å². The lowest BCUT2D eigenvalue weighted by molar-refractivity contribution is 0.587. The minimum Gasteiger partial charge on any atom is -0.308 e. The van der Waals surface area contributed by atoms with Gasteiger partial charge in [-0.1, -0.05) is 6.92 Å². The Bertz CT molecular complexity index is 536. The summed E-state index contributed by atoms with van der Waals surface area (Å²) in [5.41, 5.74) is 2.69. The van der Waals surface area contributed by atoms with Crippen LogP contribution in [0.15, 0.2) is 11.4 Å². The molecular weight excluding hydrogens is 232 g/mol. The number of hydrazine groups is 1. The number of hydrogen-bond acceptors (Lipinski definition) is 5. The monoisotopic (exact) mass is 248 g/mol. The largest absolute Gasteiger partial charge is 0.308 e. The Morgan fingerprint density at radius 3 is 3.00 bits per heavy atom. The van der Waals surface area contributed by atoms with E-state index >= 15 is 0 Å². The first-order chi connectivity index (χ1) is 8.28. The molecule has 2 unspecified atom stereocenters. The maximum Gasteiger partial charge on any atom is 0.152 e. The summed E-state index contributed by atoms with van der Waals surface area (Å²) in [7, 11) is 0. The fourth-order valence-electron chi connectivity index (χ4n) is 2.61. The van der Waals surface area contributed by atoms with Crippen molar-refractivity contribution in [3.8, 4) is 0 Å². The quantitative estimate of drug-likeness (QED) is 0.633. The molecule has 0 bridgehead atoms. The van der Waals surface area contributed by atoms with Gasteiger partial charge in [0.15, 0.2) is 5.82 Å². The normalized spacial score (nSPS) is 24.4. The van der Waals surface area contributed by atoms with Crippen LogP contribution >= 0.6 is 11.3 Å². The zero-order chi connectivity index (χ0) is 11.8. The van der Waals surface area contributed by atoms with Crippen molar-refractivity contribution in [2.24, 2.45) is 11.8 Å². The molecule has 17 heavy (non-hydrogen) atoms.